The zero-order valence-electron chi connectivity index (χ0n) is 17.9. The van der Waals surface area contributed by atoms with Crippen LogP contribution in [0.1, 0.15) is 0 Å². The minimum absolute atomic E-state index is 0.786. The van der Waals surface area contributed by atoms with Crippen molar-refractivity contribution in [1.82, 2.24) is 4.57 Å². The highest BCUT2D eigenvalue weighted by molar-refractivity contribution is 9.10. The van der Waals surface area contributed by atoms with E-state index in [0.29, 0.717) is 0 Å². The number of nitrogens with zero attached hydrogens (tertiary/aromatic N) is 1. The summed E-state index contributed by atoms with van der Waals surface area (Å²) >= 11 is 3.62. The third-order valence-corrected chi connectivity index (χ3v) is 7.50. The summed E-state index contributed by atoms with van der Waals surface area (Å²) in [5.74, 6) is 0. The van der Waals surface area contributed by atoms with E-state index in [1.807, 2.05) is 12.1 Å². The van der Waals surface area contributed by atoms with E-state index < -0.39 is 0 Å². The average Bonchev–Trinajstić information content (AvgIpc) is 3.54. The highest BCUT2D eigenvalue weighted by Gasteiger charge is 2.18. The van der Waals surface area contributed by atoms with Crippen molar-refractivity contribution >= 4 is 81.6 Å². The minimum Gasteiger partial charge on any atom is -0.452 e. The van der Waals surface area contributed by atoms with E-state index in [9.17, 15) is 0 Å². The Morgan fingerprint density at radius 2 is 1.12 bits per heavy atom. The maximum Gasteiger partial charge on any atom is 0.178 e. The van der Waals surface area contributed by atoms with Crippen molar-refractivity contribution in [2.75, 3.05) is 0 Å². The van der Waals surface area contributed by atoms with Gasteiger partial charge in [0.1, 0.15) is 11.2 Å². The predicted octanol–water partition coefficient (Wildman–Crippen LogP) is 9.34. The fourth-order valence-electron chi connectivity index (χ4n) is 5.38. The molecule has 0 amide bonds. The normalized spacial score (nSPS) is 12.3. The number of hydrogen-bond acceptors (Lipinski definition) is 2. The van der Waals surface area contributed by atoms with Gasteiger partial charge >= 0.3 is 0 Å². The zero-order chi connectivity index (χ0) is 22.4. The van der Waals surface area contributed by atoms with Crippen LogP contribution in [0.4, 0.5) is 0 Å². The summed E-state index contributed by atoms with van der Waals surface area (Å²) in [7, 11) is 0. The fourth-order valence-corrected chi connectivity index (χ4v) is 5.83. The SMILES string of the molecule is Brc1cccc2c1oc1c2ccc2c3cc(-n4c5ccccc5c5ccccc54)ccc3oc21. The Bertz CT molecular complexity index is 2040. The van der Waals surface area contributed by atoms with Crippen LogP contribution in [0.5, 0.6) is 0 Å². The van der Waals surface area contributed by atoms with Crippen LogP contribution in [0, 0.1) is 0 Å². The van der Waals surface area contributed by atoms with Crippen LogP contribution >= 0.6 is 15.9 Å². The Balaban J connectivity index is 1.46. The van der Waals surface area contributed by atoms with Crippen LogP contribution in [-0.4, -0.2) is 4.57 Å². The van der Waals surface area contributed by atoms with Gasteiger partial charge in [-0.3, -0.25) is 0 Å². The van der Waals surface area contributed by atoms with Crippen LogP contribution in [0.3, 0.4) is 0 Å². The predicted molar refractivity (Wildman–Crippen MR) is 143 cm³/mol. The lowest BCUT2D eigenvalue weighted by Gasteiger charge is -2.07. The van der Waals surface area contributed by atoms with E-state index >= 15 is 0 Å². The molecule has 0 saturated heterocycles. The fraction of sp³-hybridized carbons (Fsp3) is 0. The van der Waals surface area contributed by atoms with E-state index in [-0.39, 0.29) is 0 Å². The molecule has 8 rings (SSSR count). The molecule has 34 heavy (non-hydrogen) atoms. The molecular weight excluding hydrogens is 486 g/mol. The van der Waals surface area contributed by atoms with E-state index in [4.69, 9.17) is 8.83 Å². The Hall–Kier alpha value is -4.02. The quantitative estimate of drug-likeness (QED) is 0.224. The van der Waals surface area contributed by atoms with E-state index in [2.05, 4.69) is 105 Å². The molecule has 3 aromatic heterocycles. The van der Waals surface area contributed by atoms with Crippen molar-refractivity contribution < 1.29 is 8.83 Å². The standard InChI is InChI=1S/C30H16BrNO2/c31-24-9-5-8-20-21-13-14-22-23-16-17(12-15-27(23)33-29(22)30(21)34-28(20)24)32-25-10-3-1-6-18(25)19-7-2-4-11-26(19)32/h1-16H. The maximum atomic E-state index is 6.36. The van der Waals surface area contributed by atoms with Crippen molar-refractivity contribution in [1.29, 1.82) is 0 Å². The van der Waals surface area contributed by atoms with Crippen LogP contribution in [0.25, 0.3) is 71.4 Å². The number of fused-ring (bicyclic) bond motifs is 10. The molecule has 8 aromatic rings. The van der Waals surface area contributed by atoms with Crippen LogP contribution in [0.2, 0.25) is 0 Å². The molecule has 0 saturated carbocycles. The molecule has 0 bridgehead atoms. The molecule has 0 spiro atoms. The molecule has 0 atom stereocenters. The summed E-state index contributed by atoms with van der Waals surface area (Å²) in [5, 5.41) is 6.79. The van der Waals surface area contributed by atoms with Gasteiger partial charge in [-0.1, -0.05) is 48.5 Å². The first-order chi connectivity index (χ1) is 16.8. The molecule has 0 aliphatic carbocycles. The second-order valence-electron chi connectivity index (χ2n) is 8.69. The van der Waals surface area contributed by atoms with E-state index in [0.717, 1.165) is 54.0 Å². The van der Waals surface area contributed by atoms with Gasteiger partial charge in [-0.05, 0) is 64.5 Å². The highest BCUT2D eigenvalue weighted by atomic mass is 79.9. The Morgan fingerprint density at radius 3 is 1.88 bits per heavy atom. The summed E-state index contributed by atoms with van der Waals surface area (Å²) in [5.41, 5.74) is 6.77. The Morgan fingerprint density at radius 1 is 0.500 bits per heavy atom. The average molecular weight is 502 g/mol. The van der Waals surface area contributed by atoms with Crippen LogP contribution in [0.15, 0.2) is 110 Å². The van der Waals surface area contributed by atoms with Crippen molar-refractivity contribution in [3.63, 3.8) is 0 Å². The number of rotatable bonds is 1. The Labute approximate surface area is 201 Å². The molecule has 4 heteroatoms. The summed E-state index contributed by atoms with van der Waals surface area (Å²) in [6, 6.07) is 34.0. The van der Waals surface area contributed by atoms with Crippen LogP contribution < -0.4 is 0 Å². The third kappa shape index (κ3) is 2.31. The largest absolute Gasteiger partial charge is 0.452 e. The van der Waals surface area contributed by atoms with Crippen molar-refractivity contribution in [2.45, 2.75) is 0 Å². The van der Waals surface area contributed by atoms with Gasteiger partial charge in [-0.25, -0.2) is 0 Å². The number of aromatic nitrogens is 1. The molecule has 0 aliphatic rings. The third-order valence-electron chi connectivity index (χ3n) is 6.88. The van der Waals surface area contributed by atoms with Gasteiger partial charge in [0.2, 0.25) is 0 Å². The van der Waals surface area contributed by atoms with Gasteiger partial charge < -0.3 is 13.4 Å². The van der Waals surface area contributed by atoms with Crippen molar-refractivity contribution in [3.05, 3.63) is 102 Å². The first-order valence-corrected chi connectivity index (χ1v) is 12.0. The molecule has 0 aliphatic heterocycles. The van der Waals surface area contributed by atoms with Gasteiger partial charge in [0, 0.05) is 38.0 Å². The summed E-state index contributed by atoms with van der Waals surface area (Å²) in [6.07, 6.45) is 0. The van der Waals surface area contributed by atoms with Gasteiger partial charge in [-0.2, -0.15) is 0 Å². The van der Waals surface area contributed by atoms with Crippen molar-refractivity contribution in [2.24, 2.45) is 0 Å². The Kier molecular flexibility index (Phi) is 3.53. The molecule has 3 heterocycles. The van der Waals surface area contributed by atoms with E-state index in [1.54, 1.807) is 0 Å². The summed E-state index contributed by atoms with van der Waals surface area (Å²) < 4.78 is 15.9. The summed E-state index contributed by atoms with van der Waals surface area (Å²) in [6.45, 7) is 0. The lowest BCUT2D eigenvalue weighted by atomic mass is 10.1. The number of benzene rings is 5. The number of hydrogen-bond donors (Lipinski definition) is 0. The molecule has 0 radical (unpaired) electrons. The maximum absolute atomic E-state index is 6.36. The molecule has 160 valence electrons. The monoisotopic (exact) mass is 501 g/mol. The van der Waals surface area contributed by atoms with Gasteiger partial charge in [0.15, 0.2) is 11.2 Å². The molecule has 0 unspecified atom stereocenters. The number of para-hydroxylation sites is 3. The second-order valence-corrected chi connectivity index (χ2v) is 9.54. The summed E-state index contributed by atoms with van der Waals surface area (Å²) in [4.78, 5) is 0. The smallest absolute Gasteiger partial charge is 0.178 e. The second kappa shape index (κ2) is 6.52. The number of halogens is 1. The first-order valence-electron chi connectivity index (χ1n) is 11.2. The molecule has 5 aromatic carbocycles. The molecular formula is C30H16BrNO2. The number of furan rings is 2. The molecule has 3 nitrogen and oxygen atoms in total. The molecule has 0 fully saturated rings. The van der Waals surface area contributed by atoms with Gasteiger partial charge in [0.05, 0.1) is 15.5 Å². The van der Waals surface area contributed by atoms with E-state index in [1.165, 1.54) is 21.8 Å². The minimum atomic E-state index is 0.786. The van der Waals surface area contributed by atoms with Gasteiger partial charge in [-0.15, -0.1) is 0 Å². The van der Waals surface area contributed by atoms with Crippen molar-refractivity contribution in [3.8, 4) is 5.69 Å². The van der Waals surface area contributed by atoms with Gasteiger partial charge in [0.25, 0.3) is 0 Å². The molecule has 0 N–H and O–H groups in total. The van der Waals surface area contributed by atoms with Crippen LogP contribution in [-0.2, 0) is 0 Å². The highest BCUT2D eigenvalue weighted by Crippen LogP contribution is 2.41. The zero-order valence-corrected chi connectivity index (χ0v) is 19.5. The first kappa shape index (κ1) is 18.4. The lowest BCUT2D eigenvalue weighted by molar-refractivity contribution is 0.632. The topological polar surface area (TPSA) is 31.2 Å². The lowest BCUT2D eigenvalue weighted by Crippen LogP contribution is -1.93.